The Morgan fingerprint density at radius 1 is 0.405 bits per heavy atom. The minimum Gasteiger partial charge on any atom is -0.462 e. The van der Waals surface area contributed by atoms with Crippen LogP contribution in [0, 0.1) is 0 Å². The number of likely N-dealkylation sites (N-methyl/N-ethyl adjacent to an activating group) is 1. The molecule has 1 N–H and O–H groups in total. The summed E-state index contributed by atoms with van der Waals surface area (Å²) in [5.41, 5.74) is 0. The smallest absolute Gasteiger partial charge is 0.462 e. The van der Waals surface area contributed by atoms with E-state index in [4.69, 9.17) is 18.5 Å². The maximum atomic E-state index is 12.8. The fourth-order valence-electron chi connectivity index (χ4n) is 8.10. The number of rotatable bonds is 56. The lowest BCUT2D eigenvalue weighted by atomic mass is 10.1. The number of ether oxygens (including phenoxy) is 2. The second-order valence-electron chi connectivity index (χ2n) is 21.7. The molecule has 0 amide bonds. The van der Waals surface area contributed by atoms with Crippen molar-refractivity contribution in [2.24, 2.45) is 0 Å². The normalized spacial score (nSPS) is 14.2. The number of carbonyl (C=O) groups is 2. The van der Waals surface area contributed by atoms with Gasteiger partial charge in [0.15, 0.2) is 6.10 Å². The molecule has 0 saturated heterocycles. The lowest BCUT2D eigenvalue weighted by Gasteiger charge is -2.24. The summed E-state index contributed by atoms with van der Waals surface area (Å²) in [6.07, 6.45) is 85.3. The average Bonchev–Trinajstić information content (AvgIpc) is 3.41. The summed E-state index contributed by atoms with van der Waals surface area (Å²) in [7, 11) is 1.45. The van der Waals surface area contributed by atoms with E-state index in [1.54, 1.807) is 0 Å². The zero-order chi connectivity index (χ0) is 57.7. The van der Waals surface area contributed by atoms with E-state index < -0.39 is 26.5 Å². The van der Waals surface area contributed by atoms with E-state index in [1.807, 2.05) is 21.1 Å². The Hall–Kier alpha value is -3.85. The lowest BCUT2D eigenvalue weighted by molar-refractivity contribution is -0.870. The molecule has 10 heteroatoms. The molecule has 9 nitrogen and oxygen atoms in total. The molecule has 0 aromatic carbocycles. The molecule has 0 spiro atoms. The molecule has 0 aromatic rings. The zero-order valence-corrected chi connectivity index (χ0v) is 52.0. The van der Waals surface area contributed by atoms with Crippen molar-refractivity contribution in [3.63, 3.8) is 0 Å². The van der Waals surface area contributed by atoms with Crippen molar-refractivity contribution >= 4 is 19.8 Å². The molecule has 2 atom stereocenters. The molecule has 0 aliphatic heterocycles. The summed E-state index contributed by atoms with van der Waals surface area (Å²) >= 11 is 0. The van der Waals surface area contributed by atoms with Crippen LogP contribution in [-0.4, -0.2) is 74.9 Å². The van der Waals surface area contributed by atoms with Gasteiger partial charge < -0.3 is 18.9 Å². The Morgan fingerprint density at radius 2 is 0.722 bits per heavy atom. The second kappa shape index (κ2) is 58.8. The molecule has 450 valence electrons. The largest absolute Gasteiger partial charge is 0.472 e. The number of nitrogens with zero attached hydrogens (tertiary/aromatic N) is 1. The number of allylic oxidation sites excluding steroid dienone is 22. The summed E-state index contributed by atoms with van der Waals surface area (Å²) in [6.45, 7) is 4.29. The molecule has 0 aromatic heterocycles. The molecule has 0 aliphatic carbocycles. The highest BCUT2D eigenvalue weighted by Gasteiger charge is 2.27. The molecular formula is C69H117NO8P+. The van der Waals surface area contributed by atoms with Crippen molar-refractivity contribution in [1.29, 1.82) is 0 Å². The summed E-state index contributed by atoms with van der Waals surface area (Å²) in [6, 6.07) is 0. The van der Waals surface area contributed by atoms with E-state index >= 15 is 0 Å². The third-order valence-electron chi connectivity index (χ3n) is 12.9. The first-order valence-electron chi connectivity index (χ1n) is 31.4. The van der Waals surface area contributed by atoms with Gasteiger partial charge in [0.05, 0.1) is 27.7 Å². The first-order chi connectivity index (χ1) is 38.5. The predicted octanol–water partition coefficient (Wildman–Crippen LogP) is 20.1. The highest BCUT2D eigenvalue weighted by atomic mass is 31.2. The van der Waals surface area contributed by atoms with Crippen molar-refractivity contribution in [3.8, 4) is 0 Å². The fraction of sp³-hybridized carbons (Fsp3) is 0.652. The maximum Gasteiger partial charge on any atom is 0.472 e. The molecule has 0 heterocycles. The van der Waals surface area contributed by atoms with Crippen LogP contribution in [0.5, 0.6) is 0 Å². The SMILES string of the molecule is CC/C=C\C/C=C\C/C=C\C/C=C\C/C=C\C/C=C\C/C=C\C/C=C\C/C=C\C/C=C\CCCCCCCCC(=O)OC(COC(=O)CCCCCCCCC/C=C\CCCCCCCCC)COP(=O)(O)OCC[N+](C)(C)C. The molecule has 79 heavy (non-hydrogen) atoms. The van der Waals surface area contributed by atoms with Gasteiger partial charge in [0.1, 0.15) is 19.8 Å². The number of phosphoric acid groups is 1. The van der Waals surface area contributed by atoms with Gasteiger partial charge in [-0.3, -0.25) is 18.6 Å². The van der Waals surface area contributed by atoms with Crippen LogP contribution in [0.3, 0.4) is 0 Å². The summed E-state index contributed by atoms with van der Waals surface area (Å²) in [5, 5.41) is 0. The first-order valence-corrected chi connectivity index (χ1v) is 32.9. The van der Waals surface area contributed by atoms with E-state index in [0.29, 0.717) is 17.4 Å². The Balaban J connectivity index is 4.19. The Labute approximate surface area is 485 Å². The summed E-state index contributed by atoms with van der Waals surface area (Å²) in [4.78, 5) is 35.7. The van der Waals surface area contributed by atoms with Gasteiger partial charge in [-0.2, -0.15) is 0 Å². The Morgan fingerprint density at radius 3 is 1.09 bits per heavy atom. The van der Waals surface area contributed by atoms with E-state index in [1.165, 1.54) is 70.6 Å². The van der Waals surface area contributed by atoms with E-state index in [9.17, 15) is 19.0 Å². The van der Waals surface area contributed by atoms with Gasteiger partial charge in [0, 0.05) is 12.8 Å². The monoisotopic (exact) mass is 1120 g/mol. The molecule has 0 bridgehead atoms. The van der Waals surface area contributed by atoms with Gasteiger partial charge in [-0.25, -0.2) is 4.57 Å². The number of quaternary nitrogens is 1. The number of carbonyl (C=O) groups excluding carboxylic acids is 2. The molecule has 0 rings (SSSR count). The minimum atomic E-state index is -4.40. The molecular weight excluding hydrogens is 1000 g/mol. The van der Waals surface area contributed by atoms with Crippen LogP contribution in [0.25, 0.3) is 0 Å². The molecule has 2 unspecified atom stereocenters. The first kappa shape index (κ1) is 75.2. The van der Waals surface area contributed by atoms with Crippen LogP contribution < -0.4 is 0 Å². The van der Waals surface area contributed by atoms with Gasteiger partial charge in [-0.15, -0.1) is 0 Å². The van der Waals surface area contributed by atoms with Crippen molar-refractivity contribution in [2.75, 3.05) is 47.5 Å². The fourth-order valence-corrected chi connectivity index (χ4v) is 8.84. The quantitative estimate of drug-likeness (QED) is 0.0211. The van der Waals surface area contributed by atoms with E-state index in [2.05, 4.69) is 148 Å². The summed E-state index contributed by atoms with van der Waals surface area (Å²) in [5.74, 6) is -0.825. The average molecular weight is 1120 g/mol. The summed E-state index contributed by atoms with van der Waals surface area (Å²) < 4.78 is 34.6. The van der Waals surface area contributed by atoms with Crippen molar-refractivity contribution < 1.29 is 42.1 Å². The number of phosphoric ester groups is 1. The highest BCUT2D eigenvalue weighted by molar-refractivity contribution is 7.47. The van der Waals surface area contributed by atoms with E-state index in [-0.39, 0.29) is 32.0 Å². The number of hydrogen-bond donors (Lipinski definition) is 1. The minimum absolute atomic E-state index is 0.0214. The van der Waals surface area contributed by atoms with Gasteiger partial charge in [0.25, 0.3) is 0 Å². The number of esters is 2. The third-order valence-corrected chi connectivity index (χ3v) is 13.9. The number of hydrogen-bond acceptors (Lipinski definition) is 7. The van der Waals surface area contributed by atoms with Crippen molar-refractivity contribution in [1.82, 2.24) is 0 Å². The highest BCUT2D eigenvalue weighted by Crippen LogP contribution is 2.43. The van der Waals surface area contributed by atoms with Gasteiger partial charge in [-0.05, 0) is 116 Å². The van der Waals surface area contributed by atoms with Gasteiger partial charge >= 0.3 is 19.8 Å². The number of unbranched alkanes of at least 4 members (excludes halogenated alkanes) is 20. The zero-order valence-electron chi connectivity index (χ0n) is 51.1. The molecule has 0 fully saturated rings. The van der Waals surface area contributed by atoms with Crippen molar-refractivity contribution in [2.45, 2.75) is 245 Å². The molecule has 0 saturated carbocycles. The molecule has 0 radical (unpaired) electrons. The van der Waals surface area contributed by atoms with E-state index in [0.717, 1.165) is 135 Å². The predicted molar refractivity (Wildman–Crippen MR) is 339 cm³/mol. The van der Waals surface area contributed by atoms with Crippen LogP contribution in [0.4, 0.5) is 0 Å². The lowest BCUT2D eigenvalue weighted by Crippen LogP contribution is -2.37. The van der Waals surface area contributed by atoms with Crippen molar-refractivity contribution in [3.05, 3.63) is 134 Å². The van der Waals surface area contributed by atoms with Crippen LogP contribution in [0.2, 0.25) is 0 Å². The van der Waals surface area contributed by atoms with Crippen LogP contribution in [-0.2, 0) is 32.7 Å². The maximum absolute atomic E-state index is 12.8. The van der Waals surface area contributed by atoms with Crippen LogP contribution in [0.15, 0.2) is 134 Å². The van der Waals surface area contributed by atoms with Gasteiger partial charge in [-0.1, -0.05) is 244 Å². The van der Waals surface area contributed by atoms with Crippen LogP contribution in [0.1, 0.15) is 239 Å². The Kier molecular flexibility index (Phi) is 55.9. The third kappa shape index (κ3) is 63.2. The molecule has 0 aliphatic rings. The van der Waals surface area contributed by atoms with Crippen LogP contribution >= 0.6 is 7.82 Å². The standard InChI is InChI=1S/C69H116NO8P/c1-6-8-10-12-14-16-18-20-22-24-26-27-28-29-30-31-32-33-34-35-36-37-38-39-40-41-42-43-44-46-48-50-52-54-56-58-60-62-69(72)78-67(66-77-79(73,74)76-64-63-70(3,4)5)65-75-68(71)61-59-57-55-53-51-49-47-45-25-23-21-19-17-15-13-11-9-7-2/h8,10,14,16,20,22-23,25-27,29-30,32-33,35-36,38-39,41-42,44,46,67H,6-7,9,11-13,15,17-19,21,24,28,31,34,37,40,43,45,47-66H2,1-5H3/p+1/b10-8-,16-14-,22-20-,25-23-,27-26-,30-29-,33-32-,36-35-,39-38-,42-41-,46-44-. The second-order valence-corrected chi connectivity index (χ2v) is 23.2. The van der Waals surface area contributed by atoms with Gasteiger partial charge in [0.2, 0.25) is 0 Å². The Bertz CT molecular complexity index is 1790. The topological polar surface area (TPSA) is 108 Å².